The van der Waals surface area contributed by atoms with Gasteiger partial charge in [0.1, 0.15) is 0 Å². The summed E-state index contributed by atoms with van der Waals surface area (Å²) in [4.78, 5) is 0. The van der Waals surface area contributed by atoms with E-state index in [4.69, 9.17) is 0 Å². The van der Waals surface area contributed by atoms with Crippen LogP contribution in [0, 0.1) is 6.92 Å². The normalized spacial score (nSPS) is 11.5. The Morgan fingerprint density at radius 2 is 0.974 bits per heavy atom. The van der Waals surface area contributed by atoms with Gasteiger partial charge in [-0.3, -0.25) is 0 Å². The fourth-order valence-corrected chi connectivity index (χ4v) is 6.22. The van der Waals surface area contributed by atoms with Crippen LogP contribution in [0.1, 0.15) is 121 Å². The average Bonchev–Trinajstić information content (AvgIpc) is 2.96. The smallest absolute Gasteiger partial charge is 0.00759 e. The highest BCUT2D eigenvalue weighted by molar-refractivity contribution is 6.05. The number of hydrogen-bond acceptors (Lipinski definition) is 0. The Hall–Kier alpha value is -2.60. The number of aryl methyl sites for hydroxylation is 2. The van der Waals surface area contributed by atoms with Crippen LogP contribution in [0.2, 0.25) is 0 Å². The van der Waals surface area contributed by atoms with Crippen molar-refractivity contribution in [2.45, 2.75) is 123 Å². The van der Waals surface area contributed by atoms with E-state index >= 15 is 0 Å². The summed E-state index contributed by atoms with van der Waals surface area (Å²) in [5.41, 5.74) is 5.55. The highest BCUT2D eigenvalue weighted by atomic mass is 14.1. The third-order valence-corrected chi connectivity index (χ3v) is 8.66. The molecule has 0 aliphatic heterocycles. The van der Waals surface area contributed by atoms with Crippen molar-refractivity contribution in [1.82, 2.24) is 0 Å². The van der Waals surface area contributed by atoms with Crippen molar-refractivity contribution in [2.24, 2.45) is 0 Å². The zero-order valence-corrected chi connectivity index (χ0v) is 24.9. The first-order valence-electron chi connectivity index (χ1n) is 16.3. The largest absolute Gasteiger partial charge is 0.0654 e. The third-order valence-electron chi connectivity index (χ3n) is 8.66. The van der Waals surface area contributed by atoms with E-state index in [0.717, 1.165) is 0 Å². The maximum atomic E-state index is 2.37. The monoisotopic (exact) mass is 520 g/mol. The lowest BCUT2D eigenvalue weighted by Crippen LogP contribution is -1.90. The van der Waals surface area contributed by atoms with E-state index < -0.39 is 0 Å². The topological polar surface area (TPSA) is 0 Å². The first-order chi connectivity index (χ1) is 19.3. The number of fused-ring (bicyclic) bond motifs is 2. The van der Waals surface area contributed by atoms with Crippen molar-refractivity contribution in [3.05, 3.63) is 83.9 Å². The Kier molecular flexibility index (Phi) is 12.4. The van der Waals surface area contributed by atoms with E-state index in [1.54, 1.807) is 0 Å². The quantitative estimate of drug-likeness (QED) is 0.0903. The minimum absolute atomic E-state index is 1.21. The minimum Gasteiger partial charge on any atom is -0.0654 e. The van der Waals surface area contributed by atoms with E-state index in [0.29, 0.717) is 0 Å². The first kappa shape index (κ1) is 29.4. The lowest BCUT2D eigenvalue weighted by Gasteiger charge is -2.13. The van der Waals surface area contributed by atoms with Gasteiger partial charge in [-0.2, -0.15) is 0 Å². The van der Waals surface area contributed by atoms with Gasteiger partial charge in [0.05, 0.1) is 0 Å². The van der Waals surface area contributed by atoms with E-state index in [-0.39, 0.29) is 0 Å². The van der Waals surface area contributed by atoms with Crippen LogP contribution in [0.5, 0.6) is 0 Å². The van der Waals surface area contributed by atoms with Gasteiger partial charge in [0, 0.05) is 0 Å². The summed E-state index contributed by atoms with van der Waals surface area (Å²) in [6.07, 6.45) is 24.1. The molecule has 0 aliphatic carbocycles. The Morgan fingerprint density at radius 1 is 0.462 bits per heavy atom. The van der Waals surface area contributed by atoms with Crippen LogP contribution in [0.4, 0.5) is 0 Å². The van der Waals surface area contributed by atoms with Gasteiger partial charge in [-0.1, -0.05) is 164 Å². The lowest BCUT2D eigenvalue weighted by molar-refractivity contribution is 0.529. The SMILES string of the molecule is CCCCCCCCCCCCCCCCCCc1ccc(-c2c(C)ccc3cc4ccccc4cc23)cc1. The minimum atomic E-state index is 1.21. The maximum Gasteiger partial charge on any atom is -0.00759 e. The van der Waals surface area contributed by atoms with Crippen molar-refractivity contribution in [3.8, 4) is 11.1 Å². The second kappa shape index (κ2) is 16.5. The van der Waals surface area contributed by atoms with E-state index in [2.05, 4.69) is 86.6 Å². The van der Waals surface area contributed by atoms with E-state index in [1.807, 2.05) is 0 Å². The summed E-state index contributed by atoms with van der Waals surface area (Å²) in [5.74, 6) is 0. The molecule has 208 valence electrons. The molecule has 0 unspecified atom stereocenters. The summed E-state index contributed by atoms with van der Waals surface area (Å²) in [7, 11) is 0. The van der Waals surface area contributed by atoms with E-state index in [9.17, 15) is 0 Å². The van der Waals surface area contributed by atoms with Crippen LogP contribution in [-0.2, 0) is 6.42 Å². The van der Waals surface area contributed by atoms with Gasteiger partial charge in [-0.25, -0.2) is 0 Å². The molecule has 0 heterocycles. The van der Waals surface area contributed by atoms with Gasteiger partial charge in [-0.05, 0) is 75.7 Å². The number of benzene rings is 4. The van der Waals surface area contributed by atoms with Gasteiger partial charge in [-0.15, -0.1) is 0 Å². The molecule has 0 N–H and O–H groups in total. The lowest BCUT2D eigenvalue weighted by atomic mass is 9.91. The van der Waals surface area contributed by atoms with Crippen LogP contribution in [0.15, 0.2) is 72.8 Å². The summed E-state index contributed by atoms with van der Waals surface area (Å²) < 4.78 is 0. The molecule has 4 aromatic carbocycles. The Bertz CT molecular complexity index is 1250. The van der Waals surface area contributed by atoms with Gasteiger partial charge in [0.15, 0.2) is 0 Å². The molecule has 0 bridgehead atoms. The van der Waals surface area contributed by atoms with E-state index in [1.165, 1.54) is 153 Å². The average molecular weight is 521 g/mol. The highest BCUT2D eigenvalue weighted by Crippen LogP contribution is 2.34. The van der Waals surface area contributed by atoms with Crippen molar-refractivity contribution in [3.63, 3.8) is 0 Å². The fraction of sp³-hybridized carbons (Fsp3) is 0.487. The first-order valence-corrected chi connectivity index (χ1v) is 16.3. The molecule has 0 amide bonds. The summed E-state index contributed by atoms with van der Waals surface area (Å²) in [6.45, 7) is 4.54. The second-order valence-corrected chi connectivity index (χ2v) is 11.9. The van der Waals surface area contributed by atoms with Crippen LogP contribution in [0.25, 0.3) is 32.7 Å². The van der Waals surface area contributed by atoms with Crippen LogP contribution < -0.4 is 0 Å². The van der Waals surface area contributed by atoms with Crippen LogP contribution in [0.3, 0.4) is 0 Å². The molecule has 0 spiro atoms. The second-order valence-electron chi connectivity index (χ2n) is 11.9. The number of unbranched alkanes of at least 4 members (excludes halogenated alkanes) is 15. The van der Waals surface area contributed by atoms with Gasteiger partial charge in [0.25, 0.3) is 0 Å². The van der Waals surface area contributed by atoms with Crippen LogP contribution >= 0.6 is 0 Å². The van der Waals surface area contributed by atoms with Gasteiger partial charge >= 0.3 is 0 Å². The molecule has 0 saturated carbocycles. The van der Waals surface area contributed by atoms with Gasteiger partial charge in [0.2, 0.25) is 0 Å². The standard InChI is InChI=1S/C39H52/c1-3-4-5-6-7-8-9-10-11-12-13-14-15-16-17-18-21-33-25-28-34(29-26-33)39-32(2)24-27-37-30-35-22-19-20-23-36(35)31-38(37)39/h19-20,22-31H,3-18,21H2,1-2H3. The molecule has 0 nitrogen and oxygen atoms in total. The molecule has 0 heteroatoms. The molecule has 4 rings (SSSR count). The Morgan fingerprint density at radius 3 is 1.54 bits per heavy atom. The molecular weight excluding hydrogens is 468 g/mol. The predicted molar refractivity (Wildman–Crippen MR) is 175 cm³/mol. The number of hydrogen-bond donors (Lipinski definition) is 0. The summed E-state index contributed by atoms with van der Waals surface area (Å²) in [5, 5.41) is 5.32. The van der Waals surface area contributed by atoms with Crippen molar-refractivity contribution < 1.29 is 0 Å². The zero-order chi connectivity index (χ0) is 27.1. The Balaban J connectivity index is 1.12. The van der Waals surface area contributed by atoms with Crippen molar-refractivity contribution in [1.29, 1.82) is 0 Å². The molecule has 0 aliphatic rings. The van der Waals surface area contributed by atoms with Crippen molar-refractivity contribution in [2.75, 3.05) is 0 Å². The highest BCUT2D eigenvalue weighted by Gasteiger charge is 2.09. The fourth-order valence-electron chi connectivity index (χ4n) is 6.22. The molecule has 0 aromatic heterocycles. The molecular formula is C39H52. The molecule has 0 atom stereocenters. The Labute approximate surface area is 239 Å². The third kappa shape index (κ3) is 9.23. The number of rotatable bonds is 18. The zero-order valence-electron chi connectivity index (χ0n) is 24.9. The van der Waals surface area contributed by atoms with Crippen LogP contribution in [-0.4, -0.2) is 0 Å². The molecule has 0 saturated heterocycles. The maximum absolute atomic E-state index is 2.37. The summed E-state index contributed by atoms with van der Waals surface area (Å²) >= 11 is 0. The van der Waals surface area contributed by atoms with Gasteiger partial charge < -0.3 is 0 Å². The molecule has 39 heavy (non-hydrogen) atoms. The molecule has 0 radical (unpaired) electrons. The molecule has 4 aromatic rings. The summed E-state index contributed by atoms with van der Waals surface area (Å²) in [6, 6.07) is 27.4. The molecule has 0 fully saturated rings. The predicted octanol–water partition coefficient (Wildman–Crippen LogP) is 12.8. The van der Waals surface area contributed by atoms with Crippen molar-refractivity contribution >= 4 is 21.5 Å².